The second-order valence-electron chi connectivity index (χ2n) is 8.85. The lowest BCUT2D eigenvalue weighted by molar-refractivity contribution is -0.137. The van der Waals surface area contributed by atoms with Gasteiger partial charge < -0.3 is 14.6 Å². The van der Waals surface area contributed by atoms with Gasteiger partial charge in [0.25, 0.3) is 0 Å². The summed E-state index contributed by atoms with van der Waals surface area (Å²) in [6.45, 7) is 8.56. The number of amides is 1. The van der Waals surface area contributed by atoms with Crippen LogP contribution in [0.15, 0.2) is 28.8 Å². The number of halogens is 3. The fourth-order valence-corrected chi connectivity index (χ4v) is 3.42. The van der Waals surface area contributed by atoms with Crippen LogP contribution in [0.4, 0.5) is 13.2 Å². The Kier molecular flexibility index (Phi) is 7.55. The van der Waals surface area contributed by atoms with E-state index in [9.17, 15) is 18.0 Å². The van der Waals surface area contributed by atoms with Gasteiger partial charge in [0.05, 0.1) is 24.8 Å². The van der Waals surface area contributed by atoms with E-state index < -0.39 is 11.7 Å². The highest BCUT2D eigenvalue weighted by Gasteiger charge is 2.31. The quantitative estimate of drug-likeness (QED) is 0.690. The van der Waals surface area contributed by atoms with Crippen LogP contribution >= 0.6 is 0 Å². The Bertz CT molecular complexity index is 885. The Morgan fingerprint density at radius 3 is 2.38 bits per heavy atom. The van der Waals surface area contributed by atoms with Gasteiger partial charge in [-0.15, -0.1) is 0 Å². The Balaban J connectivity index is 1.61. The van der Waals surface area contributed by atoms with Crippen molar-refractivity contribution in [3.8, 4) is 0 Å². The van der Waals surface area contributed by atoms with Gasteiger partial charge in [-0.2, -0.15) is 18.2 Å². The Labute approximate surface area is 185 Å². The van der Waals surface area contributed by atoms with Crippen LogP contribution in [0.3, 0.4) is 0 Å². The Morgan fingerprint density at radius 2 is 1.81 bits per heavy atom. The molecule has 2 heterocycles. The first-order valence-electron chi connectivity index (χ1n) is 10.6. The lowest BCUT2D eigenvalue weighted by atomic mass is 9.96. The zero-order chi connectivity index (χ0) is 23.4. The fraction of sp³-hybridized carbons (Fsp3) is 0.591. The molecule has 0 bridgehead atoms. The van der Waals surface area contributed by atoms with Gasteiger partial charge in [0.1, 0.15) is 0 Å². The molecule has 10 heteroatoms. The zero-order valence-corrected chi connectivity index (χ0v) is 18.5. The van der Waals surface area contributed by atoms with Crippen LogP contribution in [-0.2, 0) is 27.5 Å². The number of rotatable bonds is 7. The average molecular weight is 454 g/mol. The molecule has 0 saturated carbocycles. The van der Waals surface area contributed by atoms with Gasteiger partial charge in [0.15, 0.2) is 5.82 Å². The normalized spacial score (nSPS) is 16.7. The second-order valence-corrected chi connectivity index (χ2v) is 8.85. The molecule has 176 valence electrons. The molecule has 1 amide bonds. The summed E-state index contributed by atoms with van der Waals surface area (Å²) >= 11 is 0. The van der Waals surface area contributed by atoms with E-state index in [1.54, 1.807) is 0 Å². The molecule has 0 aliphatic carbocycles. The van der Waals surface area contributed by atoms with Crippen molar-refractivity contribution < 1.29 is 27.2 Å². The molecule has 2 aromatic rings. The third-order valence-electron chi connectivity index (χ3n) is 5.31. The molecule has 7 nitrogen and oxygen atoms in total. The van der Waals surface area contributed by atoms with Crippen molar-refractivity contribution in [2.24, 2.45) is 0 Å². The number of carbonyl (C=O) groups excluding carboxylic acids is 1. The number of carbonyl (C=O) groups is 1. The number of hydrogen-bond donors (Lipinski definition) is 1. The average Bonchev–Trinajstić information content (AvgIpc) is 3.23. The van der Waals surface area contributed by atoms with E-state index in [2.05, 4.69) is 20.4 Å². The summed E-state index contributed by atoms with van der Waals surface area (Å²) < 4.78 is 49.4. The number of alkyl halides is 3. The SMILES string of the molecule is CC(C)(C)c1noc(CCC(=O)NCC(c2ccc(C(F)(F)F)cc2)N2CCOCC2)n1. The summed E-state index contributed by atoms with van der Waals surface area (Å²) in [5.41, 5.74) is -0.219. The topological polar surface area (TPSA) is 80.5 Å². The van der Waals surface area contributed by atoms with Gasteiger partial charge in [-0.25, -0.2) is 0 Å². The van der Waals surface area contributed by atoms with E-state index in [-0.39, 0.29) is 30.3 Å². The van der Waals surface area contributed by atoms with E-state index in [0.29, 0.717) is 50.0 Å². The molecule has 1 atom stereocenters. The van der Waals surface area contributed by atoms with E-state index in [1.165, 1.54) is 12.1 Å². The summed E-state index contributed by atoms with van der Waals surface area (Å²) in [5.74, 6) is 0.797. The lowest BCUT2D eigenvalue weighted by Crippen LogP contribution is -2.43. The van der Waals surface area contributed by atoms with E-state index in [1.807, 2.05) is 20.8 Å². The molecule has 32 heavy (non-hydrogen) atoms. The zero-order valence-electron chi connectivity index (χ0n) is 18.5. The highest BCUT2D eigenvalue weighted by Crippen LogP contribution is 2.31. The maximum absolute atomic E-state index is 12.9. The first-order valence-corrected chi connectivity index (χ1v) is 10.6. The molecule has 0 radical (unpaired) electrons. The van der Waals surface area contributed by atoms with Crippen LogP contribution in [0.5, 0.6) is 0 Å². The first-order chi connectivity index (χ1) is 15.0. The summed E-state index contributed by atoms with van der Waals surface area (Å²) in [5, 5.41) is 6.85. The number of nitrogens with one attached hydrogen (secondary N) is 1. The van der Waals surface area contributed by atoms with Crippen molar-refractivity contribution in [3.63, 3.8) is 0 Å². The van der Waals surface area contributed by atoms with Crippen molar-refractivity contribution in [2.45, 2.75) is 51.2 Å². The molecular weight excluding hydrogens is 425 g/mol. The molecule has 1 fully saturated rings. The highest BCUT2D eigenvalue weighted by molar-refractivity contribution is 5.76. The third-order valence-corrected chi connectivity index (χ3v) is 5.31. The van der Waals surface area contributed by atoms with Crippen LogP contribution in [0.2, 0.25) is 0 Å². The number of benzene rings is 1. The number of morpholine rings is 1. The third kappa shape index (κ3) is 6.52. The molecule has 1 saturated heterocycles. The van der Waals surface area contributed by atoms with Crippen LogP contribution in [-0.4, -0.2) is 53.8 Å². The monoisotopic (exact) mass is 454 g/mol. The van der Waals surface area contributed by atoms with Gasteiger partial charge in [-0.3, -0.25) is 9.69 Å². The molecule has 1 aromatic heterocycles. The van der Waals surface area contributed by atoms with Gasteiger partial charge in [-0.1, -0.05) is 38.1 Å². The second kappa shape index (κ2) is 9.99. The first kappa shape index (κ1) is 24.2. The summed E-state index contributed by atoms with van der Waals surface area (Å²) in [6, 6.07) is 4.85. The number of nitrogens with zero attached hydrogens (tertiary/aromatic N) is 3. The van der Waals surface area contributed by atoms with Crippen molar-refractivity contribution in [1.29, 1.82) is 0 Å². The van der Waals surface area contributed by atoms with Crippen LogP contribution in [0, 0.1) is 0 Å². The molecule has 1 unspecified atom stereocenters. The minimum absolute atomic E-state index is 0.175. The molecule has 1 aromatic carbocycles. The number of aromatic nitrogens is 2. The van der Waals surface area contributed by atoms with E-state index >= 15 is 0 Å². The number of aryl methyl sites for hydroxylation is 1. The van der Waals surface area contributed by atoms with Crippen molar-refractivity contribution in [2.75, 3.05) is 32.8 Å². The minimum atomic E-state index is -4.39. The van der Waals surface area contributed by atoms with Gasteiger partial charge in [0, 0.05) is 37.9 Å². The molecule has 1 N–H and O–H groups in total. The van der Waals surface area contributed by atoms with Crippen molar-refractivity contribution in [1.82, 2.24) is 20.4 Å². The largest absolute Gasteiger partial charge is 0.416 e. The molecule has 1 aliphatic rings. The van der Waals surface area contributed by atoms with E-state index in [4.69, 9.17) is 9.26 Å². The maximum Gasteiger partial charge on any atom is 0.416 e. The van der Waals surface area contributed by atoms with Crippen LogP contribution < -0.4 is 5.32 Å². The van der Waals surface area contributed by atoms with Crippen molar-refractivity contribution in [3.05, 3.63) is 47.1 Å². The fourth-order valence-electron chi connectivity index (χ4n) is 3.42. The van der Waals surface area contributed by atoms with Crippen LogP contribution in [0.1, 0.15) is 56.1 Å². The van der Waals surface area contributed by atoms with Crippen LogP contribution in [0.25, 0.3) is 0 Å². The Morgan fingerprint density at radius 1 is 1.16 bits per heavy atom. The maximum atomic E-state index is 12.9. The predicted molar refractivity (Wildman–Crippen MR) is 111 cm³/mol. The van der Waals surface area contributed by atoms with Gasteiger partial charge in [-0.05, 0) is 17.7 Å². The van der Waals surface area contributed by atoms with Gasteiger partial charge >= 0.3 is 6.18 Å². The number of hydrogen-bond acceptors (Lipinski definition) is 6. The highest BCUT2D eigenvalue weighted by atomic mass is 19.4. The van der Waals surface area contributed by atoms with Gasteiger partial charge in [0.2, 0.25) is 11.8 Å². The van der Waals surface area contributed by atoms with Crippen molar-refractivity contribution >= 4 is 5.91 Å². The Hall–Kier alpha value is -2.46. The van der Waals surface area contributed by atoms with E-state index in [0.717, 1.165) is 12.1 Å². The molecule has 1 aliphatic heterocycles. The molecular formula is C22H29F3N4O3. The smallest absolute Gasteiger partial charge is 0.379 e. The minimum Gasteiger partial charge on any atom is -0.379 e. The molecule has 0 spiro atoms. The summed E-state index contributed by atoms with van der Waals surface area (Å²) in [6.07, 6.45) is -3.89. The number of ether oxygens (including phenoxy) is 1. The molecule has 3 rings (SSSR count). The summed E-state index contributed by atoms with van der Waals surface area (Å²) in [4.78, 5) is 18.9. The standard InChI is InChI=1S/C22H29F3N4O3/c1-21(2,3)20-27-19(32-28-20)9-8-18(30)26-14-17(29-10-12-31-13-11-29)15-4-6-16(7-5-15)22(23,24)25/h4-7,17H,8-14H2,1-3H3,(H,26,30). The summed E-state index contributed by atoms with van der Waals surface area (Å²) in [7, 11) is 0. The lowest BCUT2D eigenvalue weighted by Gasteiger charge is -2.35. The predicted octanol–water partition coefficient (Wildman–Crippen LogP) is 3.51.